The van der Waals surface area contributed by atoms with Gasteiger partial charge in [0, 0.05) is 15.7 Å². The number of hydrogen-bond acceptors (Lipinski definition) is 4. The Labute approximate surface area is 128 Å². The van der Waals surface area contributed by atoms with E-state index in [9.17, 15) is 0 Å². The molecule has 3 aromatic rings. The van der Waals surface area contributed by atoms with Gasteiger partial charge >= 0.3 is 0 Å². The lowest BCUT2D eigenvalue weighted by molar-refractivity contribution is 0.791. The van der Waals surface area contributed by atoms with Crippen molar-refractivity contribution in [2.24, 2.45) is 0 Å². The standard InChI is InChI=1S/C13H9BrClN5/c14-8-5-6-10(15)12(7-8)20-13(17-18-19-20)9-3-1-2-4-11(9)16/h1-7H,16H2. The summed E-state index contributed by atoms with van der Waals surface area (Å²) in [5.41, 5.74) is 8.02. The van der Waals surface area contributed by atoms with Crippen molar-refractivity contribution in [3.05, 3.63) is 52.0 Å². The fourth-order valence-corrected chi connectivity index (χ4v) is 2.41. The molecule has 0 bridgehead atoms. The molecule has 0 amide bonds. The molecule has 0 fully saturated rings. The van der Waals surface area contributed by atoms with E-state index in [2.05, 4.69) is 31.5 Å². The van der Waals surface area contributed by atoms with E-state index in [1.807, 2.05) is 30.3 Å². The molecule has 1 heterocycles. The molecule has 7 heteroatoms. The molecule has 20 heavy (non-hydrogen) atoms. The monoisotopic (exact) mass is 349 g/mol. The molecule has 0 saturated carbocycles. The number of benzene rings is 2. The fourth-order valence-electron chi connectivity index (χ4n) is 1.87. The number of nitrogen functional groups attached to an aromatic ring is 1. The summed E-state index contributed by atoms with van der Waals surface area (Å²) in [7, 11) is 0. The van der Waals surface area contributed by atoms with E-state index < -0.39 is 0 Å². The van der Waals surface area contributed by atoms with Crippen molar-refractivity contribution in [2.45, 2.75) is 0 Å². The van der Waals surface area contributed by atoms with Crippen LogP contribution in [0.25, 0.3) is 17.1 Å². The smallest absolute Gasteiger partial charge is 0.189 e. The highest BCUT2D eigenvalue weighted by atomic mass is 79.9. The number of tetrazole rings is 1. The summed E-state index contributed by atoms with van der Waals surface area (Å²) in [5.74, 6) is 0.545. The lowest BCUT2D eigenvalue weighted by Gasteiger charge is -2.08. The van der Waals surface area contributed by atoms with E-state index in [-0.39, 0.29) is 0 Å². The summed E-state index contributed by atoms with van der Waals surface area (Å²) in [5, 5.41) is 12.3. The zero-order valence-electron chi connectivity index (χ0n) is 10.2. The van der Waals surface area contributed by atoms with E-state index in [4.69, 9.17) is 17.3 Å². The van der Waals surface area contributed by atoms with E-state index in [0.29, 0.717) is 22.2 Å². The van der Waals surface area contributed by atoms with Crippen molar-refractivity contribution >= 4 is 33.2 Å². The van der Waals surface area contributed by atoms with Gasteiger partial charge < -0.3 is 5.73 Å². The lowest BCUT2D eigenvalue weighted by Crippen LogP contribution is -2.02. The van der Waals surface area contributed by atoms with Crippen LogP contribution in [0.2, 0.25) is 5.02 Å². The summed E-state index contributed by atoms with van der Waals surface area (Å²) in [6.45, 7) is 0. The second-order valence-electron chi connectivity index (χ2n) is 4.10. The van der Waals surface area contributed by atoms with Gasteiger partial charge in [0.1, 0.15) is 0 Å². The van der Waals surface area contributed by atoms with Crippen LogP contribution in [0.3, 0.4) is 0 Å². The van der Waals surface area contributed by atoms with Crippen molar-refractivity contribution in [1.29, 1.82) is 0 Å². The highest BCUT2D eigenvalue weighted by Gasteiger charge is 2.15. The molecular weight excluding hydrogens is 342 g/mol. The molecule has 5 nitrogen and oxygen atoms in total. The third-order valence-corrected chi connectivity index (χ3v) is 3.62. The molecule has 0 atom stereocenters. The first-order valence-electron chi connectivity index (χ1n) is 5.75. The third kappa shape index (κ3) is 2.28. The maximum atomic E-state index is 6.22. The third-order valence-electron chi connectivity index (χ3n) is 2.81. The van der Waals surface area contributed by atoms with E-state index in [1.165, 1.54) is 0 Å². The van der Waals surface area contributed by atoms with Crippen LogP contribution in [0.1, 0.15) is 0 Å². The van der Waals surface area contributed by atoms with Crippen LogP contribution in [0.15, 0.2) is 46.9 Å². The summed E-state index contributed by atoms with van der Waals surface area (Å²) in [6.07, 6.45) is 0. The SMILES string of the molecule is Nc1ccccc1-c1nnnn1-c1cc(Br)ccc1Cl. The average molecular weight is 351 g/mol. The summed E-state index contributed by atoms with van der Waals surface area (Å²) >= 11 is 9.63. The van der Waals surface area contributed by atoms with Gasteiger partial charge in [0.05, 0.1) is 10.7 Å². The average Bonchev–Trinajstić information content (AvgIpc) is 2.91. The van der Waals surface area contributed by atoms with Crippen LogP contribution in [0.4, 0.5) is 5.69 Å². The van der Waals surface area contributed by atoms with Gasteiger partial charge in [0.25, 0.3) is 0 Å². The molecule has 0 spiro atoms. The summed E-state index contributed by atoms with van der Waals surface area (Å²) in [6, 6.07) is 12.9. The van der Waals surface area contributed by atoms with E-state index in [1.54, 1.807) is 16.8 Å². The van der Waals surface area contributed by atoms with Crippen LogP contribution < -0.4 is 5.73 Å². The Morgan fingerprint density at radius 3 is 2.75 bits per heavy atom. The Balaban J connectivity index is 2.21. The maximum absolute atomic E-state index is 6.22. The Morgan fingerprint density at radius 1 is 1.15 bits per heavy atom. The van der Waals surface area contributed by atoms with Crippen molar-refractivity contribution < 1.29 is 0 Å². The number of anilines is 1. The van der Waals surface area contributed by atoms with Gasteiger partial charge in [-0.3, -0.25) is 0 Å². The molecule has 0 saturated heterocycles. The van der Waals surface area contributed by atoms with Gasteiger partial charge in [0.15, 0.2) is 5.82 Å². The van der Waals surface area contributed by atoms with Crippen LogP contribution in [-0.2, 0) is 0 Å². The molecule has 0 aliphatic carbocycles. The Morgan fingerprint density at radius 2 is 1.95 bits per heavy atom. The zero-order chi connectivity index (χ0) is 14.1. The van der Waals surface area contributed by atoms with Crippen molar-refractivity contribution in [2.75, 3.05) is 5.73 Å². The lowest BCUT2D eigenvalue weighted by atomic mass is 10.1. The van der Waals surface area contributed by atoms with Gasteiger partial charge in [0.2, 0.25) is 0 Å². The number of para-hydroxylation sites is 1. The molecule has 0 unspecified atom stereocenters. The minimum atomic E-state index is 0.545. The van der Waals surface area contributed by atoms with Crippen LogP contribution >= 0.6 is 27.5 Å². The molecular formula is C13H9BrClN5. The van der Waals surface area contributed by atoms with E-state index in [0.717, 1.165) is 10.0 Å². The van der Waals surface area contributed by atoms with E-state index >= 15 is 0 Å². The first kappa shape index (κ1) is 13.1. The molecule has 1 aromatic heterocycles. The predicted molar refractivity (Wildman–Crippen MR) is 81.7 cm³/mol. The largest absolute Gasteiger partial charge is 0.398 e. The number of rotatable bonds is 2. The minimum absolute atomic E-state index is 0.545. The summed E-state index contributed by atoms with van der Waals surface area (Å²) in [4.78, 5) is 0. The first-order valence-corrected chi connectivity index (χ1v) is 6.92. The first-order chi connectivity index (χ1) is 9.66. The van der Waals surface area contributed by atoms with Gasteiger partial charge in [-0.2, -0.15) is 4.68 Å². The molecule has 0 radical (unpaired) electrons. The number of nitrogens with zero attached hydrogens (tertiary/aromatic N) is 4. The maximum Gasteiger partial charge on any atom is 0.189 e. The number of nitrogens with two attached hydrogens (primary N) is 1. The van der Waals surface area contributed by atoms with Crippen LogP contribution in [-0.4, -0.2) is 20.2 Å². The number of halogens is 2. The zero-order valence-corrected chi connectivity index (χ0v) is 12.5. The molecule has 100 valence electrons. The van der Waals surface area contributed by atoms with Gasteiger partial charge in [-0.15, -0.1) is 5.10 Å². The minimum Gasteiger partial charge on any atom is -0.398 e. The van der Waals surface area contributed by atoms with Gasteiger partial charge in [-0.25, -0.2) is 0 Å². The Hall–Kier alpha value is -1.92. The highest BCUT2D eigenvalue weighted by molar-refractivity contribution is 9.10. The van der Waals surface area contributed by atoms with Gasteiger partial charge in [-0.05, 0) is 40.8 Å². The molecule has 0 aliphatic heterocycles. The molecule has 0 aliphatic rings. The van der Waals surface area contributed by atoms with Gasteiger partial charge in [-0.1, -0.05) is 39.7 Å². The Kier molecular flexibility index (Phi) is 3.42. The molecule has 2 N–H and O–H groups in total. The Bertz CT molecular complexity index is 771. The van der Waals surface area contributed by atoms with Crippen molar-refractivity contribution in [3.8, 4) is 17.1 Å². The second-order valence-corrected chi connectivity index (χ2v) is 5.42. The van der Waals surface area contributed by atoms with Crippen LogP contribution in [0, 0.1) is 0 Å². The highest BCUT2D eigenvalue weighted by Crippen LogP contribution is 2.29. The van der Waals surface area contributed by atoms with Crippen LogP contribution in [0.5, 0.6) is 0 Å². The predicted octanol–water partition coefficient (Wildman–Crippen LogP) is 3.33. The fraction of sp³-hybridized carbons (Fsp3) is 0. The summed E-state index contributed by atoms with van der Waals surface area (Å²) < 4.78 is 2.46. The second kappa shape index (κ2) is 5.22. The number of hydrogen-bond donors (Lipinski definition) is 1. The molecule has 3 rings (SSSR count). The number of aromatic nitrogens is 4. The quantitative estimate of drug-likeness (QED) is 0.720. The van der Waals surface area contributed by atoms with Crippen molar-refractivity contribution in [1.82, 2.24) is 20.2 Å². The van der Waals surface area contributed by atoms with Crippen molar-refractivity contribution in [3.63, 3.8) is 0 Å². The topological polar surface area (TPSA) is 69.6 Å². The normalized spacial score (nSPS) is 10.7. The molecule has 2 aromatic carbocycles.